The highest BCUT2D eigenvalue weighted by molar-refractivity contribution is 6.31. The third-order valence-corrected chi connectivity index (χ3v) is 3.78. The number of rotatable bonds is 3. The van der Waals surface area contributed by atoms with Gasteiger partial charge in [-0.15, -0.1) is 0 Å². The monoisotopic (exact) mass is 311 g/mol. The third-order valence-electron chi connectivity index (χ3n) is 3.43. The van der Waals surface area contributed by atoms with Crippen molar-refractivity contribution in [1.82, 2.24) is 10.3 Å². The Bertz CT molecular complexity index is 477. The van der Waals surface area contributed by atoms with Crippen molar-refractivity contribution in [3.05, 3.63) is 22.8 Å². The summed E-state index contributed by atoms with van der Waals surface area (Å²) in [5.41, 5.74) is 0.944. The molecule has 118 valence electrons. The zero-order chi connectivity index (χ0) is 15.6. The van der Waals surface area contributed by atoms with Gasteiger partial charge in [-0.1, -0.05) is 11.6 Å². The van der Waals surface area contributed by atoms with E-state index in [-0.39, 0.29) is 17.7 Å². The van der Waals surface area contributed by atoms with Crippen LogP contribution in [0.5, 0.6) is 0 Å². The van der Waals surface area contributed by atoms with Gasteiger partial charge < -0.3 is 15.0 Å². The minimum Gasteiger partial charge on any atom is -0.372 e. The summed E-state index contributed by atoms with van der Waals surface area (Å²) in [6, 6.07) is 3.93. The number of halogens is 1. The summed E-state index contributed by atoms with van der Waals surface area (Å²) in [4.78, 5) is 7.02. The molecule has 0 amide bonds. The van der Waals surface area contributed by atoms with Crippen molar-refractivity contribution in [2.75, 3.05) is 18.0 Å². The van der Waals surface area contributed by atoms with Gasteiger partial charge in [0.05, 0.1) is 22.9 Å². The molecule has 0 radical (unpaired) electrons. The zero-order valence-electron chi connectivity index (χ0n) is 13.6. The van der Waals surface area contributed by atoms with Crippen LogP contribution in [0.4, 0.5) is 5.82 Å². The predicted octanol–water partition coefficient (Wildman–Crippen LogP) is 3.24. The number of aromatic nitrogens is 1. The average molecular weight is 312 g/mol. The van der Waals surface area contributed by atoms with Crippen LogP contribution < -0.4 is 10.2 Å². The van der Waals surface area contributed by atoms with Gasteiger partial charge >= 0.3 is 0 Å². The van der Waals surface area contributed by atoms with Gasteiger partial charge in [0.2, 0.25) is 0 Å². The molecule has 1 fully saturated rings. The van der Waals surface area contributed by atoms with Gasteiger partial charge in [0.25, 0.3) is 0 Å². The van der Waals surface area contributed by atoms with E-state index in [1.165, 1.54) is 0 Å². The van der Waals surface area contributed by atoms with Crippen LogP contribution in [0.1, 0.15) is 40.3 Å². The minimum absolute atomic E-state index is 0.0446. The topological polar surface area (TPSA) is 37.4 Å². The fourth-order valence-corrected chi connectivity index (χ4v) is 2.66. The van der Waals surface area contributed by atoms with Crippen LogP contribution in [0.15, 0.2) is 12.1 Å². The minimum atomic E-state index is 0.0446. The summed E-state index contributed by atoms with van der Waals surface area (Å²) in [5.74, 6) is 0.979. The summed E-state index contributed by atoms with van der Waals surface area (Å²) in [5, 5.41) is 4.15. The van der Waals surface area contributed by atoms with E-state index in [4.69, 9.17) is 21.3 Å². The summed E-state index contributed by atoms with van der Waals surface area (Å²) in [7, 11) is 0. The standard InChI is InChI=1S/C16H26ClN3O/c1-11-9-20(10-12(2)21-11)15-7-6-13(17)14(19-15)8-18-16(3,4)5/h6-7,11-12,18H,8-10H2,1-5H3/t11-,12+. The van der Waals surface area contributed by atoms with Gasteiger partial charge in [-0.25, -0.2) is 4.98 Å². The fourth-order valence-electron chi connectivity index (χ4n) is 2.49. The van der Waals surface area contributed by atoms with Crippen molar-refractivity contribution < 1.29 is 4.74 Å². The molecule has 4 nitrogen and oxygen atoms in total. The predicted molar refractivity (Wildman–Crippen MR) is 88.1 cm³/mol. The molecule has 1 saturated heterocycles. The Morgan fingerprint density at radius 2 is 1.90 bits per heavy atom. The molecule has 2 atom stereocenters. The molecule has 2 heterocycles. The van der Waals surface area contributed by atoms with E-state index >= 15 is 0 Å². The molecule has 1 aromatic rings. The van der Waals surface area contributed by atoms with Crippen LogP contribution in [0.25, 0.3) is 0 Å². The van der Waals surface area contributed by atoms with Gasteiger partial charge in [-0.3, -0.25) is 0 Å². The van der Waals surface area contributed by atoms with Crippen molar-refractivity contribution in [2.45, 2.75) is 58.9 Å². The second kappa shape index (κ2) is 6.51. The SMILES string of the molecule is C[C@@H]1CN(c2ccc(Cl)c(CNC(C)(C)C)n2)C[C@H](C)O1. The van der Waals surface area contributed by atoms with E-state index in [2.05, 4.69) is 44.8 Å². The first kappa shape index (κ1) is 16.5. The van der Waals surface area contributed by atoms with E-state index in [0.717, 1.165) is 24.6 Å². The lowest BCUT2D eigenvalue weighted by Crippen LogP contribution is -2.46. The molecule has 0 bridgehead atoms. The van der Waals surface area contributed by atoms with Gasteiger partial charge in [-0.2, -0.15) is 0 Å². The molecule has 1 aliphatic heterocycles. The first-order valence-electron chi connectivity index (χ1n) is 7.55. The summed E-state index contributed by atoms with van der Waals surface area (Å²) >= 11 is 6.28. The first-order chi connectivity index (χ1) is 9.74. The second-order valence-electron chi connectivity index (χ2n) is 6.86. The molecule has 5 heteroatoms. The Kier molecular flexibility index (Phi) is 5.12. The second-order valence-corrected chi connectivity index (χ2v) is 7.27. The van der Waals surface area contributed by atoms with E-state index in [1.807, 2.05) is 12.1 Å². The highest BCUT2D eigenvalue weighted by Gasteiger charge is 2.23. The molecule has 0 aliphatic carbocycles. The Morgan fingerprint density at radius 1 is 1.29 bits per heavy atom. The van der Waals surface area contributed by atoms with Crippen molar-refractivity contribution in [3.63, 3.8) is 0 Å². The summed E-state index contributed by atoms with van der Waals surface area (Å²) < 4.78 is 5.78. The number of nitrogens with zero attached hydrogens (tertiary/aromatic N) is 2. The molecule has 1 N–H and O–H groups in total. The maximum atomic E-state index is 6.28. The van der Waals surface area contributed by atoms with E-state index in [1.54, 1.807) is 0 Å². The van der Waals surface area contributed by atoms with Crippen molar-refractivity contribution >= 4 is 17.4 Å². The Labute approximate surface area is 132 Å². The van der Waals surface area contributed by atoms with Gasteiger partial charge in [-0.05, 0) is 46.8 Å². The van der Waals surface area contributed by atoms with Crippen molar-refractivity contribution in [1.29, 1.82) is 0 Å². The van der Waals surface area contributed by atoms with Crippen LogP contribution in [0.2, 0.25) is 5.02 Å². The number of morpholine rings is 1. The molecule has 2 rings (SSSR count). The highest BCUT2D eigenvalue weighted by atomic mass is 35.5. The first-order valence-corrected chi connectivity index (χ1v) is 7.93. The number of hydrogen-bond acceptors (Lipinski definition) is 4. The highest BCUT2D eigenvalue weighted by Crippen LogP contribution is 2.23. The smallest absolute Gasteiger partial charge is 0.129 e. The molecule has 1 aliphatic rings. The molecular formula is C16H26ClN3O. The Hall–Kier alpha value is -0.840. The maximum absolute atomic E-state index is 6.28. The number of pyridine rings is 1. The van der Waals surface area contributed by atoms with Crippen LogP contribution in [0, 0.1) is 0 Å². The van der Waals surface area contributed by atoms with E-state index in [0.29, 0.717) is 11.6 Å². The Morgan fingerprint density at radius 3 is 2.48 bits per heavy atom. The fraction of sp³-hybridized carbons (Fsp3) is 0.688. The van der Waals surface area contributed by atoms with E-state index < -0.39 is 0 Å². The quantitative estimate of drug-likeness (QED) is 0.930. The normalized spacial score (nSPS) is 23.4. The van der Waals surface area contributed by atoms with Gasteiger partial charge in [0, 0.05) is 25.2 Å². The molecular weight excluding hydrogens is 286 g/mol. The van der Waals surface area contributed by atoms with Crippen LogP contribution in [-0.2, 0) is 11.3 Å². The van der Waals surface area contributed by atoms with Crippen LogP contribution in [-0.4, -0.2) is 35.8 Å². The number of ether oxygens (including phenoxy) is 1. The summed E-state index contributed by atoms with van der Waals surface area (Å²) in [6.07, 6.45) is 0.449. The molecule has 0 aromatic carbocycles. The Balaban J connectivity index is 2.14. The number of anilines is 1. The maximum Gasteiger partial charge on any atom is 0.129 e. The largest absolute Gasteiger partial charge is 0.372 e. The van der Waals surface area contributed by atoms with E-state index in [9.17, 15) is 0 Å². The number of nitrogens with one attached hydrogen (secondary N) is 1. The van der Waals surface area contributed by atoms with Crippen LogP contribution >= 0.6 is 11.6 Å². The third kappa shape index (κ3) is 4.83. The number of hydrogen-bond donors (Lipinski definition) is 1. The zero-order valence-corrected chi connectivity index (χ0v) is 14.4. The van der Waals surface area contributed by atoms with Crippen molar-refractivity contribution in [3.8, 4) is 0 Å². The lowest BCUT2D eigenvalue weighted by Gasteiger charge is -2.36. The summed E-state index contributed by atoms with van der Waals surface area (Å²) in [6.45, 7) is 13.0. The molecule has 21 heavy (non-hydrogen) atoms. The molecule has 0 saturated carbocycles. The van der Waals surface area contributed by atoms with Gasteiger partial charge in [0.1, 0.15) is 5.82 Å². The van der Waals surface area contributed by atoms with Crippen molar-refractivity contribution in [2.24, 2.45) is 0 Å². The average Bonchev–Trinajstić information content (AvgIpc) is 2.35. The lowest BCUT2D eigenvalue weighted by atomic mass is 10.1. The molecule has 1 aromatic heterocycles. The van der Waals surface area contributed by atoms with Gasteiger partial charge in [0.15, 0.2) is 0 Å². The molecule has 0 spiro atoms. The lowest BCUT2D eigenvalue weighted by molar-refractivity contribution is -0.00546. The molecule has 0 unspecified atom stereocenters. The van der Waals surface area contributed by atoms with Crippen LogP contribution in [0.3, 0.4) is 0 Å².